The third kappa shape index (κ3) is 38.0. The first-order valence-corrected chi connectivity index (χ1v) is 20.7. The number of allylic oxidation sites excluding steroid dienone is 20. The number of nitrogens with one attached hydrogen (secondary N) is 1. The summed E-state index contributed by atoms with van der Waals surface area (Å²) >= 11 is 0. The van der Waals surface area contributed by atoms with Crippen molar-refractivity contribution in [2.45, 2.75) is 167 Å². The third-order valence-electron chi connectivity index (χ3n) is 8.49. The summed E-state index contributed by atoms with van der Waals surface area (Å²) in [5.74, 6) is -0.0704. The van der Waals surface area contributed by atoms with Gasteiger partial charge in [0.15, 0.2) is 0 Å². The van der Waals surface area contributed by atoms with Gasteiger partial charge in [-0.3, -0.25) is 4.79 Å². The van der Waals surface area contributed by atoms with Crippen LogP contribution in [0.1, 0.15) is 155 Å². The van der Waals surface area contributed by atoms with Gasteiger partial charge in [-0.2, -0.15) is 0 Å². The molecule has 4 heteroatoms. The minimum absolute atomic E-state index is 0.0704. The molecule has 0 heterocycles. The van der Waals surface area contributed by atoms with Crippen LogP contribution >= 0.6 is 0 Å². The molecular weight excluding hydrogens is 639 g/mol. The number of rotatable bonds is 35. The molecule has 0 aliphatic carbocycles. The summed E-state index contributed by atoms with van der Waals surface area (Å²) in [6, 6.07) is -0.554. The van der Waals surface area contributed by atoms with Crippen LogP contribution in [0, 0.1) is 0 Å². The molecule has 2 atom stereocenters. The number of carbonyl (C=O) groups is 1. The van der Waals surface area contributed by atoms with Gasteiger partial charge in [0.2, 0.25) is 5.91 Å². The van der Waals surface area contributed by atoms with Crippen molar-refractivity contribution in [3.8, 4) is 0 Å². The minimum Gasteiger partial charge on any atom is -0.394 e. The maximum absolute atomic E-state index is 12.2. The van der Waals surface area contributed by atoms with Crippen LogP contribution in [-0.2, 0) is 4.79 Å². The Morgan fingerprint density at radius 1 is 0.481 bits per heavy atom. The molecule has 0 aromatic rings. The van der Waals surface area contributed by atoms with Crippen LogP contribution in [0.15, 0.2) is 122 Å². The molecule has 4 nitrogen and oxygen atoms in total. The van der Waals surface area contributed by atoms with E-state index in [4.69, 9.17) is 0 Å². The third-order valence-corrected chi connectivity index (χ3v) is 8.49. The van der Waals surface area contributed by atoms with Crippen LogP contribution in [0.4, 0.5) is 0 Å². The minimum atomic E-state index is -0.674. The zero-order valence-corrected chi connectivity index (χ0v) is 33.3. The van der Waals surface area contributed by atoms with E-state index < -0.39 is 12.1 Å². The van der Waals surface area contributed by atoms with Crippen molar-refractivity contribution in [2.75, 3.05) is 6.61 Å². The fraction of sp³-hybridized carbons (Fsp3) is 0.562. The average Bonchev–Trinajstić information content (AvgIpc) is 3.15. The Morgan fingerprint density at radius 3 is 1.25 bits per heavy atom. The quantitative estimate of drug-likeness (QED) is 0.0452. The lowest BCUT2D eigenvalue weighted by Gasteiger charge is -2.22. The predicted octanol–water partition coefficient (Wildman–Crippen LogP) is 13.0. The second-order valence-electron chi connectivity index (χ2n) is 13.3. The van der Waals surface area contributed by atoms with Crippen LogP contribution < -0.4 is 5.32 Å². The molecule has 0 spiro atoms. The molecule has 0 saturated heterocycles. The Hall–Kier alpha value is -3.21. The van der Waals surface area contributed by atoms with Crippen LogP contribution in [0.25, 0.3) is 0 Å². The highest BCUT2D eigenvalue weighted by molar-refractivity contribution is 5.76. The van der Waals surface area contributed by atoms with Gasteiger partial charge in [0.1, 0.15) is 0 Å². The van der Waals surface area contributed by atoms with Crippen molar-refractivity contribution in [1.29, 1.82) is 0 Å². The molecule has 292 valence electrons. The van der Waals surface area contributed by atoms with Crippen molar-refractivity contribution >= 4 is 5.91 Å². The molecule has 1 amide bonds. The fourth-order valence-corrected chi connectivity index (χ4v) is 5.33. The number of aliphatic hydroxyl groups is 2. The van der Waals surface area contributed by atoms with E-state index in [2.05, 4.69) is 141 Å². The molecule has 52 heavy (non-hydrogen) atoms. The van der Waals surface area contributed by atoms with Crippen molar-refractivity contribution < 1.29 is 15.0 Å². The van der Waals surface area contributed by atoms with E-state index in [-0.39, 0.29) is 12.5 Å². The molecule has 0 bridgehead atoms. The fourth-order valence-electron chi connectivity index (χ4n) is 5.33. The highest BCUT2D eigenvalue weighted by Gasteiger charge is 2.19. The van der Waals surface area contributed by atoms with Gasteiger partial charge in [-0.25, -0.2) is 0 Å². The molecule has 2 unspecified atom stereocenters. The van der Waals surface area contributed by atoms with E-state index in [1.54, 1.807) is 0 Å². The molecule has 3 N–H and O–H groups in total. The Morgan fingerprint density at radius 2 is 0.846 bits per heavy atom. The second kappa shape index (κ2) is 42.2. The summed E-state index contributed by atoms with van der Waals surface area (Å²) in [4.78, 5) is 12.2. The first-order chi connectivity index (χ1) is 25.7. The maximum Gasteiger partial charge on any atom is 0.220 e. The van der Waals surface area contributed by atoms with E-state index in [9.17, 15) is 15.0 Å². The second-order valence-corrected chi connectivity index (χ2v) is 13.3. The first kappa shape index (κ1) is 48.8. The summed E-state index contributed by atoms with van der Waals surface area (Å²) in [5.41, 5.74) is 0. The first-order valence-electron chi connectivity index (χ1n) is 20.7. The van der Waals surface area contributed by atoms with Gasteiger partial charge in [-0.15, -0.1) is 0 Å². The highest BCUT2D eigenvalue weighted by Crippen LogP contribution is 2.11. The molecule has 0 rings (SSSR count). The molecule has 0 aliphatic heterocycles. The number of unbranched alkanes of at least 4 members (excludes halogenated alkanes) is 8. The van der Waals surface area contributed by atoms with E-state index in [1.165, 1.54) is 19.3 Å². The van der Waals surface area contributed by atoms with E-state index in [0.717, 1.165) is 109 Å². The topological polar surface area (TPSA) is 69.6 Å². The molecule has 0 aliphatic rings. The van der Waals surface area contributed by atoms with Crippen LogP contribution in [0.2, 0.25) is 0 Å². The average molecular weight is 716 g/mol. The molecular formula is C48H77NO3. The molecule has 0 aromatic heterocycles. The lowest BCUT2D eigenvalue weighted by atomic mass is 10.0. The normalized spacial score (nSPS) is 14.3. The van der Waals surface area contributed by atoms with Gasteiger partial charge < -0.3 is 15.5 Å². The smallest absolute Gasteiger partial charge is 0.220 e. The number of hydrogen-bond acceptors (Lipinski definition) is 3. The zero-order chi connectivity index (χ0) is 37.8. The lowest BCUT2D eigenvalue weighted by molar-refractivity contribution is -0.123. The molecule has 0 aromatic carbocycles. The van der Waals surface area contributed by atoms with Crippen LogP contribution in [0.5, 0.6) is 0 Å². The number of amides is 1. The molecule has 0 fully saturated rings. The number of aliphatic hydroxyl groups excluding tert-OH is 2. The van der Waals surface area contributed by atoms with Gasteiger partial charge >= 0.3 is 0 Å². The summed E-state index contributed by atoms with van der Waals surface area (Å²) < 4.78 is 0. The van der Waals surface area contributed by atoms with Gasteiger partial charge in [-0.1, -0.05) is 180 Å². The predicted molar refractivity (Wildman–Crippen MR) is 229 cm³/mol. The maximum atomic E-state index is 12.2. The number of hydrogen-bond donors (Lipinski definition) is 3. The van der Waals surface area contributed by atoms with Gasteiger partial charge in [-0.05, 0) is 89.9 Å². The summed E-state index contributed by atoms with van der Waals surface area (Å²) in [6.07, 6.45) is 65.9. The molecule has 0 saturated carbocycles. The number of carbonyl (C=O) groups excluding carboxylic acids is 1. The highest BCUT2D eigenvalue weighted by atomic mass is 16.3. The summed E-state index contributed by atoms with van der Waals surface area (Å²) in [7, 11) is 0. The standard InChI is InChI=1S/C48H77NO3/c1-3-5-7-9-10-11-12-13-14-15-16-17-18-19-20-21-22-23-24-25-26-27-28-29-30-31-32-33-34-35-36-37-38-40-42-44-48(52)49-46(45-50)47(51)43-41-39-8-6-4-2/h5,7,10-11,13-14,16-17,19-20,22-23,25-26,28-29,31-32,34-35,46-47,50-51H,3-4,6,8-9,12,15,18,21,24,27,30,33,36-45H2,1-2H3,(H,49,52)/b7-5-,11-10-,14-13-,17-16-,20-19-,23-22-,26-25-,29-28-,32-31-,35-34-. The van der Waals surface area contributed by atoms with Gasteiger partial charge in [0.05, 0.1) is 18.8 Å². The Kier molecular flexibility index (Phi) is 39.6. The summed E-state index contributed by atoms with van der Waals surface area (Å²) in [6.45, 7) is 4.12. The van der Waals surface area contributed by atoms with E-state index >= 15 is 0 Å². The van der Waals surface area contributed by atoms with E-state index in [1.807, 2.05) is 0 Å². The molecule has 0 radical (unpaired) electrons. The SMILES string of the molecule is CC/C=C\C/C=C\C/C=C\C/C=C\C/C=C\C/C=C\C/C=C\C/C=C\C/C=C\C/C=C\CCCCCCC(=O)NC(CO)C(O)CCCCCCC. The van der Waals surface area contributed by atoms with Gasteiger partial charge in [0, 0.05) is 6.42 Å². The largest absolute Gasteiger partial charge is 0.394 e. The summed E-state index contributed by atoms with van der Waals surface area (Å²) in [5, 5.41) is 22.7. The Bertz CT molecular complexity index is 1080. The van der Waals surface area contributed by atoms with Crippen molar-refractivity contribution in [3.63, 3.8) is 0 Å². The van der Waals surface area contributed by atoms with E-state index in [0.29, 0.717) is 12.8 Å². The van der Waals surface area contributed by atoms with Crippen molar-refractivity contribution in [1.82, 2.24) is 5.32 Å². The zero-order valence-electron chi connectivity index (χ0n) is 33.3. The van der Waals surface area contributed by atoms with Crippen LogP contribution in [0.3, 0.4) is 0 Å². The monoisotopic (exact) mass is 716 g/mol. The Labute approximate surface area is 320 Å². The van der Waals surface area contributed by atoms with Gasteiger partial charge in [0.25, 0.3) is 0 Å². The van der Waals surface area contributed by atoms with Crippen molar-refractivity contribution in [2.24, 2.45) is 0 Å². The lowest BCUT2D eigenvalue weighted by Crippen LogP contribution is -2.45. The van der Waals surface area contributed by atoms with Crippen molar-refractivity contribution in [3.05, 3.63) is 122 Å². The Balaban J connectivity index is 3.68. The van der Waals surface area contributed by atoms with Crippen LogP contribution in [-0.4, -0.2) is 34.9 Å².